The Kier molecular flexibility index (Phi) is 5.56. The molecule has 0 amide bonds. The van der Waals surface area contributed by atoms with E-state index in [1.165, 1.54) is 0 Å². The maximum absolute atomic E-state index is 11.0. The highest BCUT2D eigenvalue weighted by atomic mass is 16.4. The van der Waals surface area contributed by atoms with Gasteiger partial charge < -0.3 is 21.7 Å². The van der Waals surface area contributed by atoms with Crippen molar-refractivity contribution in [1.82, 2.24) is 0 Å². The number of hydrogen-bond donors (Lipinski definition) is 4. The number of rotatable bonds is 6. The van der Waals surface area contributed by atoms with Crippen LogP contribution >= 0.6 is 0 Å². The number of aliphatic hydroxyl groups excluding tert-OH is 1. The zero-order valence-corrected chi connectivity index (χ0v) is 11.2. The van der Waals surface area contributed by atoms with Crippen LogP contribution in [0.25, 0.3) is 0 Å². The summed E-state index contributed by atoms with van der Waals surface area (Å²) < 4.78 is 0. The van der Waals surface area contributed by atoms with E-state index in [1.807, 2.05) is 0 Å². The molecule has 1 fully saturated rings. The molecule has 1 rings (SSSR count). The number of aliphatic hydroxyl groups is 1. The molecule has 5 unspecified atom stereocenters. The van der Waals surface area contributed by atoms with Crippen molar-refractivity contribution in [1.29, 1.82) is 0 Å². The topological polar surface area (TPSA) is 110 Å². The van der Waals surface area contributed by atoms with Gasteiger partial charge >= 0.3 is 5.97 Å². The zero-order valence-electron chi connectivity index (χ0n) is 11.2. The average Bonchev–Trinajstić information content (AvgIpc) is 2.61. The first-order valence-corrected chi connectivity index (χ1v) is 6.84. The number of carbonyl (C=O) groups is 1. The van der Waals surface area contributed by atoms with Crippen molar-refractivity contribution in [3.05, 3.63) is 0 Å². The molecule has 1 aliphatic carbocycles. The van der Waals surface area contributed by atoms with E-state index in [1.54, 1.807) is 0 Å². The highest BCUT2D eigenvalue weighted by Gasteiger charge is 2.46. The Balaban J connectivity index is 2.67. The average molecular weight is 258 g/mol. The first kappa shape index (κ1) is 15.4. The fraction of sp³-hybridized carbons (Fsp3) is 0.923. The molecule has 0 radical (unpaired) electrons. The maximum atomic E-state index is 11.0. The third-order valence-electron chi connectivity index (χ3n) is 4.40. The summed E-state index contributed by atoms with van der Waals surface area (Å²) in [5.41, 5.74) is 12.1. The fourth-order valence-electron chi connectivity index (χ4n) is 3.09. The Morgan fingerprint density at radius 1 is 1.39 bits per heavy atom. The standard InChI is InChI=1S/C13H26N2O3/c1-3-7(4-2)5-9(14)11-10(15)6-8(12(11)16)13(17)18/h7-12,16H,3-6,14-15H2,1-2H3,(H,17,18). The largest absolute Gasteiger partial charge is 0.481 e. The molecule has 1 saturated carbocycles. The number of carboxylic acid groups (broad SMARTS) is 1. The number of aliphatic carboxylic acids is 1. The molecule has 0 heterocycles. The highest BCUT2D eigenvalue weighted by molar-refractivity contribution is 5.71. The fourth-order valence-corrected chi connectivity index (χ4v) is 3.09. The van der Waals surface area contributed by atoms with E-state index >= 15 is 0 Å². The lowest BCUT2D eigenvalue weighted by Crippen LogP contribution is -2.45. The van der Waals surface area contributed by atoms with E-state index in [-0.39, 0.29) is 18.0 Å². The predicted octanol–water partition coefficient (Wildman–Crippen LogP) is 0.549. The molecule has 5 nitrogen and oxygen atoms in total. The van der Waals surface area contributed by atoms with Crippen molar-refractivity contribution in [3.63, 3.8) is 0 Å². The van der Waals surface area contributed by atoms with Gasteiger partial charge in [0, 0.05) is 18.0 Å². The Morgan fingerprint density at radius 2 is 1.94 bits per heavy atom. The molecular formula is C13H26N2O3. The summed E-state index contributed by atoms with van der Waals surface area (Å²) in [6.45, 7) is 4.23. The summed E-state index contributed by atoms with van der Waals surface area (Å²) in [4.78, 5) is 11.0. The Morgan fingerprint density at radius 3 is 2.33 bits per heavy atom. The Hall–Kier alpha value is -0.650. The van der Waals surface area contributed by atoms with Crippen LogP contribution < -0.4 is 11.5 Å². The van der Waals surface area contributed by atoms with Gasteiger partial charge in [-0.25, -0.2) is 0 Å². The molecule has 0 spiro atoms. The summed E-state index contributed by atoms with van der Waals surface area (Å²) in [7, 11) is 0. The lowest BCUT2D eigenvalue weighted by molar-refractivity contribution is -0.145. The van der Waals surface area contributed by atoms with Crippen molar-refractivity contribution in [2.75, 3.05) is 0 Å². The molecule has 18 heavy (non-hydrogen) atoms. The summed E-state index contributed by atoms with van der Waals surface area (Å²) >= 11 is 0. The second-order valence-corrected chi connectivity index (χ2v) is 5.49. The monoisotopic (exact) mass is 258 g/mol. The molecule has 6 N–H and O–H groups in total. The summed E-state index contributed by atoms with van der Waals surface area (Å²) in [6.07, 6.45) is 2.30. The minimum absolute atomic E-state index is 0.218. The van der Waals surface area contributed by atoms with E-state index < -0.39 is 18.0 Å². The summed E-state index contributed by atoms with van der Waals surface area (Å²) in [6, 6.07) is -0.533. The predicted molar refractivity (Wildman–Crippen MR) is 69.9 cm³/mol. The van der Waals surface area contributed by atoms with Gasteiger partial charge in [0.25, 0.3) is 0 Å². The SMILES string of the molecule is CCC(CC)CC(N)C1C(N)CC(C(=O)O)C1O. The third-order valence-corrected chi connectivity index (χ3v) is 4.40. The maximum Gasteiger partial charge on any atom is 0.309 e. The second kappa shape index (κ2) is 6.50. The molecular weight excluding hydrogens is 232 g/mol. The van der Waals surface area contributed by atoms with Gasteiger partial charge in [-0.2, -0.15) is 0 Å². The molecule has 1 aliphatic rings. The van der Waals surface area contributed by atoms with Crippen molar-refractivity contribution < 1.29 is 15.0 Å². The quantitative estimate of drug-likeness (QED) is 0.556. The Bertz CT molecular complexity index is 281. The number of hydrogen-bond acceptors (Lipinski definition) is 4. The van der Waals surface area contributed by atoms with Gasteiger partial charge in [-0.05, 0) is 18.8 Å². The number of carboxylic acids is 1. The normalized spacial score (nSPS) is 33.9. The summed E-state index contributed by atoms with van der Waals surface area (Å²) in [5, 5.41) is 19.1. The first-order chi connectivity index (χ1) is 8.42. The van der Waals surface area contributed by atoms with E-state index in [0.29, 0.717) is 12.3 Å². The van der Waals surface area contributed by atoms with Crippen LogP contribution in [0.5, 0.6) is 0 Å². The van der Waals surface area contributed by atoms with Crippen molar-refractivity contribution >= 4 is 5.97 Å². The van der Waals surface area contributed by atoms with E-state index in [2.05, 4.69) is 13.8 Å². The van der Waals surface area contributed by atoms with Crippen LogP contribution in [0.3, 0.4) is 0 Å². The van der Waals surface area contributed by atoms with Gasteiger partial charge in [0.15, 0.2) is 0 Å². The van der Waals surface area contributed by atoms with Crippen molar-refractivity contribution in [2.45, 2.75) is 57.7 Å². The molecule has 0 bridgehead atoms. The van der Waals surface area contributed by atoms with Gasteiger partial charge in [-0.15, -0.1) is 0 Å². The molecule has 0 aromatic carbocycles. The van der Waals surface area contributed by atoms with Gasteiger partial charge in [0.1, 0.15) is 0 Å². The molecule has 5 atom stereocenters. The van der Waals surface area contributed by atoms with Crippen LogP contribution in [0.2, 0.25) is 0 Å². The molecule has 106 valence electrons. The van der Waals surface area contributed by atoms with Crippen LogP contribution in [0.4, 0.5) is 0 Å². The highest BCUT2D eigenvalue weighted by Crippen LogP contribution is 2.34. The second-order valence-electron chi connectivity index (χ2n) is 5.49. The lowest BCUT2D eigenvalue weighted by Gasteiger charge is -2.29. The van der Waals surface area contributed by atoms with Gasteiger partial charge in [0.2, 0.25) is 0 Å². The Labute approximate surface area is 109 Å². The van der Waals surface area contributed by atoms with Crippen molar-refractivity contribution in [2.24, 2.45) is 29.2 Å². The third kappa shape index (κ3) is 3.22. The van der Waals surface area contributed by atoms with Crippen LogP contribution in [0, 0.1) is 17.8 Å². The lowest BCUT2D eigenvalue weighted by atomic mass is 9.84. The van der Waals surface area contributed by atoms with E-state index in [0.717, 1.165) is 19.3 Å². The van der Waals surface area contributed by atoms with Gasteiger partial charge in [-0.1, -0.05) is 26.7 Å². The van der Waals surface area contributed by atoms with Crippen LogP contribution in [0.15, 0.2) is 0 Å². The molecule has 0 aromatic rings. The minimum Gasteiger partial charge on any atom is -0.481 e. The first-order valence-electron chi connectivity index (χ1n) is 6.84. The summed E-state index contributed by atoms with van der Waals surface area (Å²) in [5.74, 6) is -1.53. The van der Waals surface area contributed by atoms with Gasteiger partial charge in [0.05, 0.1) is 12.0 Å². The van der Waals surface area contributed by atoms with E-state index in [4.69, 9.17) is 16.6 Å². The molecule has 0 aromatic heterocycles. The van der Waals surface area contributed by atoms with Crippen LogP contribution in [-0.2, 0) is 4.79 Å². The zero-order chi connectivity index (χ0) is 13.9. The molecule has 5 heteroatoms. The number of nitrogens with two attached hydrogens (primary N) is 2. The van der Waals surface area contributed by atoms with Crippen molar-refractivity contribution in [3.8, 4) is 0 Å². The smallest absolute Gasteiger partial charge is 0.309 e. The molecule has 0 aliphatic heterocycles. The van der Waals surface area contributed by atoms with Crippen LogP contribution in [-0.4, -0.2) is 34.4 Å². The van der Waals surface area contributed by atoms with Crippen LogP contribution in [0.1, 0.15) is 39.5 Å². The minimum atomic E-state index is -0.977. The van der Waals surface area contributed by atoms with Gasteiger partial charge in [-0.3, -0.25) is 4.79 Å². The van der Waals surface area contributed by atoms with E-state index in [9.17, 15) is 9.90 Å². The molecule has 0 saturated heterocycles.